The number of benzene rings is 3. The maximum atomic E-state index is 13.3. The first kappa shape index (κ1) is 26.3. The summed E-state index contributed by atoms with van der Waals surface area (Å²) in [6, 6.07) is 16.3. The Morgan fingerprint density at radius 1 is 0.895 bits per heavy atom. The number of carbonyl (C=O) groups excluding carboxylic acids is 3. The molecule has 1 unspecified atom stereocenters. The molecule has 4 rings (SSSR count). The zero-order valence-corrected chi connectivity index (χ0v) is 21.1. The molecule has 1 atom stereocenters. The van der Waals surface area contributed by atoms with Crippen LogP contribution in [0.2, 0.25) is 0 Å². The van der Waals surface area contributed by atoms with E-state index in [9.17, 15) is 24.6 Å². The summed E-state index contributed by atoms with van der Waals surface area (Å²) in [6.07, 6.45) is 0. The minimum atomic E-state index is -0.937. The zero-order valence-electron chi connectivity index (χ0n) is 21.1. The quantitative estimate of drug-likeness (QED) is 0.197. The molecule has 9 nitrogen and oxygen atoms in total. The summed E-state index contributed by atoms with van der Waals surface area (Å²) in [7, 11) is 2.93. The van der Waals surface area contributed by atoms with Gasteiger partial charge in [-0.2, -0.15) is 0 Å². The Labute approximate surface area is 219 Å². The fourth-order valence-corrected chi connectivity index (χ4v) is 4.34. The Hall–Kier alpha value is -4.79. The fourth-order valence-electron chi connectivity index (χ4n) is 4.34. The molecule has 196 valence electrons. The first-order valence-corrected chi connectivity index (χ1v) is 11.8. The Kier molecular flexibility index (Phi) is 7.66. The van der Waals surface area contributed by atoms with Crippen LogP contribution in [-0.4, -0.2) is 53.6 Å². The van der Waals surface area contributed by atoms with E-state index >= 15 is 0 Å². The number of ether oxygens (including phenoxy) is 3. The van der Waals surface area contributed by atoms with Crippen LogP contribution in [0.15, 0.2) is 72.3 Å². The van der Waals surface area contributed by atoms with Crippen molar-refractivity contribution >= 4 is 23.4 Å². The number of rotatable bonds is 8. The first-order chi connectivity index (χ1) is 18.3. The molecule has 1 fully saturated rings. The number of esters is 1. The van der Waals surface area contributed by atoms with Crippen molar-refractivity contribution in [3.8, 4) is 17.2 Å². The molecule has 2 N–H and O–H groups in total. The summed E-state index contributed by atoms with van der Waals surface area (Å²) in [4.78, 5) is 39.9. The third-order valence-corrected chi connectivity index (χ3v) is 6.22. The summed E-state index contributed by atoms with van der Waals surface area (Å²) in [6.45, 7) is 1.99. The zero-order chi connectivity index (χ0) is 27.4. The van der Waals surface area contributed by atoms with Crippen molar-refractivity contribution in [1.29, 1.82) is 0 Å². The topological polar surface area (TPSA) is 123 Å². The Balaban J connectivity index is 1.78. The molecule has 1 amide bonds. The van der Waals surface area contributed by atoms with Gasteiger partial charge < -0.3 is 29.3 Å². The van der Waals surface area contributed by atoms with Crippen LogP contribution in [-0.2, 0) is 20.9 Å². The standard InChI is InChI=1S/C29H27NO8/c1-4-38-29(35)19-7-5-17(6-8-19)16-30-25(18-9-12-21(31)13-10-18)24(27(33)28(30)34)26(32)20-11-14-22(36-2)23(15-20)37-3/h5-15,25,31-32H,4,16H2,1-3H3/b26-24-. The smallest absolute Gasteiger partial charge is 0.338 e. The molecule has 0 aliphatic carbocycles. The van der Waals surface area contributed by atoms with Crippen LogP contribution >= 0.6 is 0 Å². The van der Waals surface area contributed by atoms with Gasteiger partial charge in [-0.15, -0.1) is 0 Å². The molecule has 3 aromatic carbocycles. The van der Waals surface area contributed by atoms with E-state index in [0.29, 0.717) is 28.2 Å². The molecule has 0 saturated carbocycles. The summed E-state index contributed by atoms with van der Waals surface area (Å²) >= 11 is 0. The van der Waals surface area contributed by atoms with Crippen molar-refractivity contribution in [2.24, 2.45) is 0 Å². The molecular formula is C29H27NO8. The SMILES string of the molecule is CCOC(=O)c1ccc(CN2C(=O)C(=O)/C(=C(\O)c3ccc(OC)c(OC)c3)C2c2ccc(O)cc2)cc1. The summed E-state index contributed by atoms with van der Waals surface area (Å²) in [5, 5.41) is 21.1. The number of nitrogens with zero attached hydrogens (tertiary/aromatic N) is 1. The fraction of sp³-hybridized carbons (Fsp3) is 0.207. The highest BCUT2D eigenvalue weighted by Crippen LogP contribution is 2.41. The second kappa shape index (κ2) is 11.1. The molecule has 0 bridgehead atoms. The van der Waals surface area contributed by atoms with Gasteiger partial charge in [0.05, 0.1) is 38.0 Å². The maximum absolute atomic E-state index is 13.3. The van der Waals surface area contributed by atoms with Crippen molar-refractivity contribution in [3.05, 3.63) is 94.6 Å². The van der Waals surface area contributed by atoms with Crippen LogP contribution in [0.4, 0.5) is 0 Å². The van der Waals surface area contributed by atoms with E-state index in [0.717, 1.165) is 0 Å². The van der Waals surface area contributed by atoms with Crippen LogP contribution in [0.25, 0.3) is 5.76 Å². The number of aliphatic hydroxyl groups is 1. The average Bonchev–Trinajstić information content (AvgIpc) is 3.18. The van der Waals surface area contributed by atoms with Gasteiger partial charge >= 0.3 is 5.97 Å². The number of methoxy groups -OCH3 is 2. The third kappa shape index (κ3) is 5.04. The number of likely N-dealkylation sites (tertiary alicyclic amines) is 1. The number of Topliss-reactive ketones (excluding diaryl/α,β-unsaturated/α-hetero) is 1. The number of hydrogen-bond acceptors (Lipinski definition) is 8. The lowest BCUT2D eigenvalue weighted by Crippen LogP contribution is -2.29. The lowest BCUT2D eigenvalue weighted by Gasteiger charge is -2.25. The van der Waals surface area contributed by atoms with E-state index in [1.165, 1.54) is 37.3 Å². The number of carbonyl (C=O) groups is 3. The Morgan fingerprint density at radius 3 is 2.13 bits per heavy atom. The number of amides is 1. The molecular weight excluding hydrogens is 490 g/mol. The number of aliphatic hydroxyl groups excluding tert-OH is 1. The molecule has 9 heteroatoms. The number of phenolic OH excluding ortho intramolecular Hbond substituents is 1. The van der Waals surface area contributed by atoms with Crippen LogP contribution in [0, 0.1) is 0 Å². The van der Waals surface area contributed by atoms with Crippen LogP contribution in [0.5, 0.6) is 17.2 Å². The molecule has 0 spiro atoms. The molecule has 0 aromatic heterocycles. The lowest BCUT2D eigenvalue weighted by atomic mass is 9.95. The van der Waals surface area contributed by atoms with Gasteiger partial charge in [-0.1, -0.05) is 24.3 Å². The van der Waals surface area contributed by atoms with Crippen molar-refractivity contribution < 1.29 is 38.8 Å². The van der Waals surface area contributed by atoms with Crippen LogP contribution < -0.4 is 9.47 Å². The van der Waals surface area contributed by atoms with Gasteiger partial charge in [-0.25, -0.2) is 4.79 Å². The van der Waals surface area contributed by atoms with Gasteiger partial charge in [0.15, 0.2) is 11.5 Å². The van der Waals surface area contributed by atoms with Gasteiger partial charge in [0.1, 0.15) is 11.5 Å². The number of aromatic hydroxyl groups is 1. The van der Waals surface area contributed by atoms with Gasteiger partial charge in [0.25, 0.3) is 11.7 Å². The van der Waals surface area contributed by atoms with Gasteiger partial charge in [-0.3, -0.25) is 9.59 Å². The lowest BCUT2D eigenvalue weighted by molar-refractivity contribution is -0.140. The second-order valence-corrected chi connectivity index (χ2v) is 8.51. The molecule has 0 radical (unpaired) electrons. The Bertz CT molecular complexity index is 1390. The van der Waals surface area contributed by atoms with E-state index in [2.05, 4.69) is 0 Å². The minimum Gasteiger partial charge on any atom is -0.508 e. The van der Waals surface area contributed by atoms with Crippen LogP contribution in [0.1, 0.15) is 40.0 Å². The molecule has 1 aliphatic rings. The highest BCUT2D eigenvalue weighted by Gasteiger charge is 2.46. The molecule has 1 saturated heterocycles. The first-order valence-electron chi connectivity index (χ1n) is 11.8. The normalized spacial score (nSPS) is 16.4. The van der Waals surface area contributed by atoms with E-state index in [-0.39, 0.29) is 35.8 Å². The van der Waals surface area contributed by atoms with Crippen molar-refractivity contribution in [2.75, 3.05) is 20.8 Å². The monoisotopic (exact) mass is 517 g/mol. The number of ketones is 1. The third-order valence-electron chi connectivity index (χ3n) is 6.22. The molecule has 1 aliphatic heterocycles. The number of hydrogen-bond donors (Lipinski definition) is 2. The predicted molar refractivity (Wildman–Crippen MR) is 138 cm³/mol. The van der Waals surface area contributed by atoms with Crippen molar-refractivity contribution in [2.45, 2.75) is 19.5 Å². The average molecular weight is 518 g/mol. The summed E-state index contributed by atoms with van der Waals surface area (Å²) in [5.41, 5.74) is 1.71. The van der Waals surface area contributed by atoms with Gasteiger partial charge in [0, 0.05) is 12.1 Å². The largest absolute Gasteiger partial charge is 0.508 e. The summed E-state index contributed by atoms with van der Waals surface area (Å²) < 4.78 is 15.6. The highest BCUT2D eigenvalue weighted by atomic mass is 16.5. The van der Waals surface area contributed by atoms with Crippen LogP contribution in [0.3, 0.4) is 0 Å². The Morgan fingerprint density at radius 2 is 1.53 bits per heavy atom. The predicted octanol–water partition coefficient (Wildman–Crippen LogP) is 4.21. The molecule has 1 heterocycles. The van der Waals surface area contributed by atoms with Crippen molar-refractivity contribution in [3.63, 3.8) is 0 Å². The van der Waals surface area contributed by atoms with E-state index < -0.39 is 23.7 Å². The van der Waals surface area contributed by atoms with E-state index in [1.807, 2.05) is 0 Å². The number of phenols is 1. The maximum Gasteiger partial charge on any atom is 0.338 e. The summed E-state index contributed by atoms with van der Waals surface area (Å²) in [5.74, 6) is -1.68. The minimum absolute atomic E-state index is 0.0140. The molecule has 38 heavy (non-hydrogen) atoms. The van der Waals surface area contributed by atoms with E-state index in [1.54, 1.807) is 55.5 Å². The van der Waals surface area contributed by atoms with Crippen molar-refractivity contribution in [1.82, 2.24) is 4.90 Å². The van der Waals surface area contributed by atoms with E-state index in [4.69, 9.17) is 14.2 Å². The van der Waals surface area contributed by atoms with Gasteiger partial charge in [0.2, 0.25) is 0 Å². The van der Waals surface area contributed by atoms with Gasteiger partial charge in [-0.05, 0) is 60.5 Å². The highest BCUT2D eigenvalue weighted by molar-refractivity contribution is 6.46. The second-order valence-electron chi connectivity index (χ2n) is 8.51. The molecule has 3 aromatic rings.